The Labute approximate surface area is 89.6 Å². The van der Waals surface area contributed by atoms with Crippen LogP contribution in [0.1, 0.15) is 30.0 Å². The second-order valence-electron chi connectivity index (χ2n) is 3.60. The van der Waals surface area contributed by atoms with Crippen LogP contribution in [-0.2, 0) is 0 Å². The molecule has 0 fully saturated rings. The Morgan fingerprint density at radius 1 is 1.67 bits per heavy atom. The van der Waals surface area contributed by atoms with Crippen LogP contribution in [0.2, 0.25) is 0 Å². The van der Waals surface area contributed by atoms with E-state index in [-0.39, 0.29) is 11.9 Å². The maximum Gasteiger partial charge on any atom is 0.271 e. The van der Waals surface area contributed by atoms with Gasteiger partial charge in [0.2, 0.25) is 0 Å². The Balaban J connectivity index is 2.36. The van der Waals surface area contributed by atoms with E-state index in [1.807, 2.05) is 20.8 Å². The van der Waals surface area contributed by atoms with Crippen LogP contribution in [0.3, 0.4) is 0 Å². The molecule has 0 unspecified atom stereocenters. The lowest BCUT2D eigenvalue weighted by Crippen LogP contribution is -2.38. The van der Waals surface area contributed by atoms with E-state index in [1.165, 1.54) is 0 Å². The van der Waals surface area contributed by atoms with Gasteiger partial charge in [0, 0.05) is 18.3 Å². The molecule has 15 heavy (non-hydrogen) atoms. The highest BCUT2D eigenvalue weighted by Crippen LogP contribution is 1.96. The first-order valence-corrected chi connectivity index (χ1v) is 5.17. The number of rotatable bonds is 5. The Kier molecular flexibility index (Phi) is 4.30. The van der Waals surface area contributed by atoms with Crippen LogP contribution in [0.4, 0.5) is 0 Å². The number of nitrogens with zero attached hydrogens (tertiary/aromatic N) is 1. The third-order valence-electron chi connectivity index (χ3n) is 2.06. The Morgan fingerprint density at radius 3 is 2.93 bits per heavy atom. The molecule has 1 heterocycles. The lowest BCUT2D eigenvalue weighted by Gasteiger charge is -2.12. The van der Waals surface area contributed by atoms with Crippen molar-refractivity contribution in [2.45, 2.75) is 26.8 Å². The third kappa shape index (κ3) is 3.71. The largest absolute Gasteiger partial charge is 0.349 e. The number of amides is 1. The molecule has 1 aromatic heterocycles. The highest BCUT2D eigenvalue weighted by Gasteiger charge is 2.09. The summed E-state index contributed by atoms with van der Waals surface area (Å²) in [5.41, 5.74) is 1.33. The molecule has 0 bridgehead atoms. The Bertz CT molecular complexity index is 321. The third-order valence-corrected chi connectivity index (χ3v) is 2.06. The SMILES string of the molecule is CCN[C@H](C)CNC(=O)c1cc(C)[nH]n1. The van der Waals surface area contributed by atoms with Crippen molar-refractivity contribution in [3.05, 3.63) is 17.5 Å². The summed E-state index contributed by atoms with van der Waals surface area (Å²) >= 11 is 0. The van der Waals surface area contributed by atoms with Crippen molar-refractivity contribution in [3.63, 3.8) is 0 Å². The normalized spacial score (nSPS) is 12.5. The number of carbonyl (C=O) groups is 1. The van der Waals surface area contributed by atoms with Crippen LogP contribution >= 0.6 is 0 Å². The van der Waals surface area contributed by atoms with Crippen LogP contribution in [0, 0.1) is 6.92 Å². The minimum Gasteiger partial charge on any atom is -0.349 e. The first-order valence-electron chi connectivity index (χ1n) is 5.17. The zero-order chi connectivity index (χ0) is 11.3. The molecule has 1 atom stereocenters. The van der Waals surface area contributed by atoms with E-state index < -0.39 is 0 Å². The summed E-state index contributed by atoms with van der Waals surface area (Å²) in [6.45, 7) is 7.44. The molecule has 84 valence electrons. The van der Waals surface area contributed by atoms with Gasteiger partial charge in [-0.05, 0) is 26.5 Å². The molecular weight excluding hydrogens is 192 g/mol. The molecule has 5 nitrogen and oxygen atoms in total. The molecule has 0 aliphatic rings. The maximum atomic E-state index is 11.5. The van der Waals surface area contributed by atoms with E-state index in [0.29, 0.717) is 12.2 Å². The standard InChI is InChI=1S/C10H18N4O/c1-4-11-8(3)6-12-10(15)9-5-7(2)13-14-9/h5,8,11H,4,6H2,1-3H3,(H,12,15)(H,13,14)/t8-/m1/s1. The molecule has 0 saturated carbocycles. The summed E-state index contributed by atoms with van der Waals surface area (Å²) in [7, 11) is 0. The van der Waals surface area contributed by atoms with Crippen molar-refractivity contribution in [1.29, 1.82) is 0 Å². The predicted octanol–water partition coefficient (Wildman–Crippen LogP) is 0.446. The molecule has 5 heteroatoms. The molecule has 0 saturated heterocycles. The summed E-state index contributed by atoms with van der Waals surface area (Å²) in [5, 5.41) is 12.6. The van der Waals surface area contributed by atoms with Crippen molar-refractivity contribution < 1.29 is 4.79 Å². The fourth-order valence-electron chi connectivity index (χ4n) is 1.29. The number of carbonyl (C=O) groups excluding carboxylic acids is 1. The fourth-order valence-corrected chi connectivity index (χ4v) is 1.29. The minimum absolute atomic E-state index is 0.135. The number of aromatic amines is 1. The molecule has 0 aliphatic heterocycles. The van der Waals surface area contributed by atoms with Crippen LogP contribution in [0.25, 0.3) is 0 Å². The average Bonchev–Trinajstić information content (AvgIpc) is 2.62. The van der Waals surface area contributed by atoms with E-state index in [1.54, 1.807) is 6.07 Å². The number of hydrogen-bond donors (Lipinski definition) is 3. The summed E-state index contributed by atoms with van der Waals surface area (Å²) < 4.78 is 0. The molecule has 1 rings (SSSR count). The molecule has 0 aliphatic carbocycles. The van der Waals surface area contributed by atoms with Crippen molar-refractivity contribution >= 4 is 5.91 Å². The monoisotopic (exact) mass is 210 g/mol. The second kappa shape index (κ2) is 5.50. The molecule has 0 radical (unpaired) electrons. The number of hydrogen-bond acceptors (Lipinski definition) is 3. The van der Waals surface area contributed by atoms with E-state index in [9.17, 15) is 4.79 Å². The zero-order valence-electron chi connectivity index (χ0n) is 9.42. The second-order valence-corrected chi connectivity index (χ2v) is 3.60. The van der Waals surface area contributed by atoms with Gasteiger partial charge in [0.1, 0.15) is 5.69 Å². The van der Waals surface area contributed by atoms with Gasteiger partial charge in [-0.1, -0.05) is 6.92 Å². The Hall–Kier alpha value is -1.36. The van der Waals surface area contributed by atoms with Gasteiger partial charge in [-0.3, -0.25) is 9.89 Å². The molecule has 0 spiro atoms. The lowest BCUT2D eigenvalue weighted by molar-refractivity contribution is 0.0945. The summed E-state index contributed by atoms with van der Waals surface area (Å²) in [6, 6.07) is 2.01. The van der Waals surface area contributed by atoms with E-state index >= 15 is 0 Å². The van der Waals surface area contributed by atoms with Crippen LogP contribution < -0.4 is 10.6 Å². The van der Waals surface area contributed by atoms with Crippen molar-refractivity contribution in [1.82, 2.24) is 20.8 Å². The fraction of sp³-hybridized carbons (Fsp3) is 0.600. The van der Waals surface area contributed by atoms with Gasteiger partial charge < -0.3 is 10.6 Å². The number of aromatic nitrogens is 2. The summed E-state index contributed by atoms with van der Waals surface area (Å²) in [4.78, 5) is 11.5. The predicted molar refractivity (Wildman–Crippen MR) is 58.8 cm³/mol. The van der Waals surface area contributed by atoms with Crippen LogP contribution in [-0.4, -0.2) is 35.2 Å². The van der Waals surface area contributed by atoms with Gasteiger partial charge in [-0.15, -0.1) is 0 Å². The smallest absolute Gasteiger partial charge is 0.271 e. The molecule has 3 N–H and O–H groups in total. The van der Waals surface area contributed by atoms with Crippen LogP contribution in [0.5, 0.6) is 0 Å². The molecule has 1 amide bonds. The van der Waals surface area contributed by atoms with Gasteiger partial charge in [0.25, 0.3) is 5.91 Å². The lowest BCUT2D eigenvalue weighted by atomic mass is 10.3. The van der Waals surface area contributed by atoms with Crippen LogP contribution in [0.15, 0.2) is 6.07 Å². The molecule has 0 aromatic carbocycles. The molecule has 1 aromatic rings. The van der Waals surface area contributed by atoms with Crippen molar-refractivity contribution in [3.8, 4) is 0 Å². The van der Waals surface area contributed by atoms with E-state index in [0.717, 1.165) is 12.2 Å². The average molecular weight is 210 g/mol. The van der Waals surface area contributed by atoms with E-state index in [4.69, 9.17) is 0 Å². The molecular formula is C10H18N4O. The summed E-state index contributed by atoms with van der Waals surface area (Å²) in [5.74, 6) is -0.135. The quantitative estimate of drug-likeness (QED) is 0.660. The zero-order valence-corrected chi connectivity index (χ0v) is 9.42. The van der Waals surface area contributed by atoms with Gasteiger partial charge in [-0.25, -0.2) is 0 Å². The van der Waals surface area contributed by atoms with Gasteiger partial charge in [-0.2, -0.15) is 5.10 Å². The van der Waals surface area contributed by atoms with E-state index in [2.05, 4.69) is 20.8 Å². The number of nitrogens with one attached hydrogen (secondary N) is 3. The maximum absolute atomic E-state index is 11.5. The Morgan fingerprint density at radius 2 is 2.40 bits per heavy atom. The number of aryl methyl sites for hydroxylation is 1. The van der Waals surface area contributed by atoms with Crippen molar-refractivity contribution in [2.24, 2.45) is 0 Å². The van der Waals surface area contributed by atoms with Gasteiger partial charge in [0.05, 0.1) is 0 Å². The first kappa shape index (κ1) is 11.7. The van der Waals surface area contributed by atoms with Crippen molar-refractivity contribution in [2.75, 3.05) is 13.1 Å². The summed E-state index contributed by atoms with van der Waals surface area (Å²) in [6.07, 6.45) is 0. The topological polar surface area (TPSA) is 69.8 Å². The van der Waals surface area contributed by atoms with Gasteiger partial charge in [0.15, 0.2) is 0 Å². The minimum atomic E-state index is -0.135. The first-order chi connectivity index (χ1) is 7.13. The number of likely N-dealkylation sites (N-methyl/N-ethyl adjacent to an activating group) is 1. The highest BCUT2D eigenvalue weighted by atomic mass is 16.1. The van der Waals surface area contributed by atoms with Gasteiger partial charge >= 0.3 is 0 Å². The highest BCUT2D eigenvalue weighted by molar-refractivity contribution is 5.92. The number of H-pyrrole nitrogens is 1.